The van der Waals surface area contributed by atoms with E-state index in [1.807, 2.05) is 0 Å². The normalized spacial score (nSPS) is 10.7. The van der Waals surface area contributed by atoms with Crippen molar-refractivity contribution < 1.29 is 32.6 Å². The number of carbonyl (C=O) groups is 2. The fourth-order valence-corrected chi connectivity index (χ4v) is 1.90. The van der Waals surface area contributed by atoms with Crippen LogP contribution in [0.2, 0.25) is 0 Å². The summed E-state index contributed by atoms with van der Waals surface area (Å²) in [4.78, 5) is 21.7. The molecule has 0 saturated heterocycles. The van der Waals surface area contributed by atoms with E-state index in [1.54, 1.807) is 24.3 Å². The number of carboxylic acids is 1. The third kappa shape index (κ3) is 5.66. The number of benzene rings is 2. The van der Waals surface area contributed by atoms with Gasteiger partial charge in [0.15, 0.2) is 11.6 Å². The highest BCUT2D eigenvalue weighted by atomic mass is 19.2. The number of ether oxygens (including phenoxy) is 1. The second-order valence-electron chi connectivity index (χ2n) is 5.16. The van der Waals surface area contributed by atoms with E-state index in [-0.39, 0.29) is 12.2 Å². The van der Waals surface area contributed by atoms with E-state index < -0.39 is 35.9 Å². The molecule has 0 aliphatic carbocycles. The molecule has 0 heterocycles. The fourth-order valence-electron chi connectivity index (χ4n) is 1.90. The van der Waals surface area contributed by atoms with Crippen LogP contribution < -0.4 is 10.1 Å². The summed E-state index contributed by atoms with van der Waals surface area (Å²) in [6.07, 6.45) is 2.64. The third-order valence-corrected chi connectivity index (χ3v) is 3.20. The predicted octanol–water partition coefficient (Wildman–Crippen LogP) is 2.90. The standard InChI is InChI=1S/C18H14F3NO4/c19-14-8-16(21)15(20)7-12(14)10-26-13-4-1-11(2-5-13)3-6-17(23)22-9-18(24)25/h1-8H,9-10H2,(H,22,23)(H,24,25)/b6-3+. The average Bonchev–Trinajstić information content (AvgIpc) is 2.61. The van der Waals surface area contributed by atoms with Crippen molar-refractivity contribution >= 4 is 18.0 Å². The van der Waals surface area contributed by atoms with Gasteiger partial charge >= 0.3 is 5.97 Å². The molecule has 1 amide bonds. The quantitative estimate of drug-likeness (QED) is 0.584. The molecule has 0 saturated carbocycles. The average molecular weight is 365 g/mol. The Bertz CT molecular complexity index is 835. The lowest BCUT2D eigenvalue weighted by Crippen LogP contribution is -2.27. The van der Waals surface area contributed by atoms with Crippen LogP contribution >= 0.6 is 0 Å². The summed E-state index contributed by atoms with van der Waals surface area (Å²) >= 11 is 0. The van der Waals surface area contributed by atoms with Gasteiger partial charge in [0.05, 0.1) is 0 Å². The van der Waals surface area contributed by atoms with Gasteiger partial charge in [-0.15, -0.1) is 0 Å². The van der Waals surface area contributed by atoms with Crippen molar-refractivity contribution in [3.63, 3.8) is 0 Å². The van der Waals surface area contributed by atoms with Gasteiger partial charge in [0, 0.05) is 17.7 Å². The first kappa shape index (κ1) is 19.0. The van der Waals surface area contributed by atoms with Crippen LogP contribution in [0, 0.1) is 17.5 Å². The van der Waals surface area contributed by atoms with E-state index >= 15 is 0 Å². The lowest BCUT2D eigenvalue weighted by atomic mass is 10.2. The Labute approximate surface area is 146 Å². The highest BCUT2D eigenvalue weighted by Crippen LogP contribution is 2.18. The van der Waals surface area contributed by atoms with Crippen LogP contribution in [-0.4, -0.2) is 23.5 Å². The maximum Gasteiger partial charge on any atom is 0.322 e. The Hall–Kier alpha value is -3.29. The number of carboxylic acid groups (broad SMARTS) is 1. The molecule has 0 radical (unpaired) electrons. The van der Waals surface area contributed by atoms with Crippen LogP contribution in [0.1, 0.15) is 11.1 Å². The van der Waals surface area contributed by atoms with Crippen LogP contribution in [0.4, 0.5) is 13.2 Å². The first-order chi connectivity index (χ1) is 12.3. The van der Waals surface area contributed by atoms with Gasteiger partial charge in [-0.3, -0.25) is 9.59 Å². The van der Waals surface area contributed by atoms with E-state index in [9.17, 15) is 22.8 Å². The molecule has 0 fully saturated rings. The van der Waals surface area contributed by atoms with Crippen molar-refractivity contribution in [2.24, 2.45) is 0 Å². The number of aliphatic carboxylic acids is 1. The lowest BCUT2D eigenvalue weighted by molar-refractivity contribution is -0.137. The minimum atomic E-state index is -1.27. The van der Waals surface area contributed by atoms with Crippen LogP contribution in [0.25, 0.3) is 6.08 Å². The Morgan fingerprint density at radius 2 is 1.69 bits per heavy atom. The summed E-state index contributed by atoms with van der Waals surface area (Å²) in [5.74, 6) is -4.67. The summed E-state index contributed by atoms with van der Waals surface area (Å²) in [6, 6.07) is 7.50. The zero-order chi connectivity index (χ0) is 19.1. The van der Waals surface area contributed by atoms with Crippen LogP contribution in [0.5, 0.6) is 5.75 Å². The van der Waals surface area contributed by atoms with E-state index in [2.05, 4.69) is 5.32 Å². The van der Waals surface area contributed by atoms with Crippen LogP contribution in [-0.2, 0) is 16.2 Å². The number of rotatable bonds is 7. The van der Waals surface area contributed by atoms with Gasteiger partial charge in [0.2, 0.25) is 5.91 Å². The van der Waals surface area contributed by atoms with E-state index in [1.165, 1.54) is 12.2 Å². The summed E-state index contributed by atoms with van der Waals surface area (Å²) < 4.78 is 44.8. The Kier molecular flexibility index (Phi) is 6.37. The molecular formula is C18H14F3NO4. The smallest absolute Gasteiger partial charge is 0.322 e. The topological polar surface area (TPSA) is 75.6 Å². The highest BCUT2D eigenvalue weighted by molar-refractivity contribution is 5.93. The zero-order valence-corrected chi connectivity index (χ0v) is 13.3. The van der Waals surface area contributed by atoms with Crippen molar-refractivity contribution in [1.29, 1.82) is 0 Å². The molecule has 0 aliphatic rings. The predicted molar refractivity (Wildman–Crippen MR) is 86.8 cm³/mol. The lowest BCUT2D eigenvalue weighted by Gasteiger charge is -2.08. The van der Waals surface area contributed by atoms with Crippen molar-refractivity contribution in [1.82, 2.24) is 5.32 Å². The van der Waals surface area contributed by atoms with Crippen molar-refractivity contribution in [2.75, 3.05) is 6.54 Å². The second-order valence-corrected chi connectivity index (χ2v) is 5.16. The van der Waals surface area contributed by atoms with Gasteiger partial charge in [0.1, 0.15) is 24.7 Å². The molecule has 0 bridgehead atoms. The Morgan fingerprint density at radius 3 is 2.35 bits per heavy atom. The molecule has 8 heteroatoms. The molecule has 26 heavy (non-hydrogen) atoms. The highest BCUT2D eigenvalue weighted by Gasteiger charge is 2.10. The van der Waals surface area contributed by atoms with Gasteiger partial charge in [-0.05, 0) is 29.8 Å². The van der Waals surface area contributed by atoms with E-state index in [0.717, 1.165) is 6.07 Å². The van der Waals surface area contributed by atoms with Crippen LogP contribution in [0.15, 0.2) is 42.5 Å². The number of hydrogen-bond donors (Lipinski definition) is 2. The zero-order valence-electron chi connectivity index (χ0n) is 13.3. The minimum Gasteiger partial charge on any atom is -0.489 e. The second kappa shape index (κ2) is 8.70. The van der Waals surface area contributed by atoms with E-state index in [0.29, 0.717) is 17.4 Å². The largest absolute Gasteiger partial charge is 0.489 e. The molecule has 2 aromatic rings. The maximum absolute atomic E-state index is 13.5. The molecule has 2 rings (SSSR count). The van der Waals surface area contributed by atoms with Gasteiger partial charge in [0.25, 0.3) is 0 Å². The molecule has 0 spiro atoms. The monoisotopic (exact) mass is 365 g/mol. The van der Waals surface area contributed by atoms with Gasteiger partial charge in [-0.25, -0.2) is 13.2 Å². The van der Waals surface area contributed by atoms with Gasteiger partial charge in [-0.2, -0.15) is 0 Å². The summed E-state index contributed by atoms with van der Waals surface area (Å²) in [6.45, 7) is -0.758. The molecule has 0 aromatic heterocycles. The number of halogens is 3. The molecule has 0 unspecified atom stereocenters. The molecule has 0 atom stereocenters. The SMILES string of the molecule is O=C(O)CNC(=O)/C=C/c1ccc(OCc2cc(F)c(F)cc2F)cc1. The summed E-state index contributed by atoms with van der Waals surface area (Å²) in [5.41, 5.74) is 0.518. The summed E-state index contributed by atoms with van der Waals surface area (Å²) in [5, 5.41) is 10.6. The first-order valence-corrected chi connectivity index (χ1v) is 7.39. The van der Waals surface area contributed by atoms with Crippen molar-refractivity contribution in [3.8, 4) is 5.75 Å². The number of nitrogens with one attached hydrogen (secondary N) is 1. The number of hydrogen-bond acceptors (Lipinski definition) is 3. The molecular weight excluding hydrogens is 351 g/mol. The van der Waals surface area contributed by atoms with E-state index in [4.69, 9.17) is 9.84 Å². The van der Waals surface area contributed by atoms with Crippen molar-refractivity contribution in [3.05, 3.63) is 71.1 Å². The molecule has 2 aromatic carbocycles. The summed E-state index contributed by atoms with van der Waals surface area (Å²) in [7, 11) is 0. The number of amides is 1. The first-order valence-electron chi connectivity index (χ1n) is 7.39. The Balaban J connectivity index is 1.92. The molecule has 0 aliphatic heterocycles. The molecule has 2 N–H and O–H groups in total. The van der Waals surface area contributed by atoms with Crippen LogP contribution in [0.3, 0.4) is 0 Å². The Morgan fingerprint density at radius 1 is 1.04 bits per heavy atom. The van der Waals surface area contributed by atoms with Crippen molar-refractivity contribution in [2.45, 2.75) is 6.61 Å². The molecule has 136 valence electrons. The molecule has 5 nitrogen and oxygen atoms in total. The maximum atomic E-state index is 13.5. The fraction of sp³-hybridized carbons (Fsp3) is 0.111. The van der Waals surface area contributed by atoms with Gasteiger partial charge < -0.3 is 15.2 Å². The number of carbonyl (C=O) groups excluding carboxylic acids is 1. The van der Waals surface area contributed by atoms with Gasteiger partial charge in [-0.1, -0.05) is 12.1 Å². The minimum absolute atomic E-state index is 0.122. The third-order valence-electron chi connectivity index (χ3n) is 3.20.